The van der Waals surface area contributed by atoms with Gasteiger partial charge >= 0.3 is 0 Å². The van der Waals surface area contributed by atoms with Crippen LogP contribution in [0.5, 0.6) is 0 Å². The number of halogens is 2. The molecule has 4 heteroatoms. The largest absolute Gasteiger partial charge is 0.458 e. The lowest BCUT2D eigenvalue weighted by atomic mass is 10.0. The van der Waals surface area contributed by atoms with Crippen LogP contribution in [0, 0.1) is 0 Å². The van der Waals surface area contributed by atoms with E-state index in [9.17, 15) is 0 Å². The lowest BCUT2D eigenvalue weighted by molar-refractivity contribution is 0.491. The Kier molecular flexibility index (Phi) is 3.83. The summed E-state index contributed by atoms with van der Waals surface area (Å²) in [6.07, 6.45) is 0. The van der Waals surface area contributed by atoms with E-state index in [-0.39, 0.29) is 6.04 Å². The highest BCUT2D eigenvalue weighted by atomic mass is 79.9. The normalized spacial score (nSPS) is 12.8. The molecule has 1 heterocycles. The number of hydrogen-bond acceptors (Lipinski definition) is 2. The summed E-state index contributed by atoms with van der Waals surface area (Å²) < 4.78 is 6.95. The van der Waals surface area contributed by atoms with Crippen LogP contribution in [0.1, 0.15) is 17.4 Å². The van der Waals surface area contributed by atoms with Crippen molar-refractivity contribution in [2.75, 3.05) is 7.05 Å². The molecule has 1 N–H and O–H groups in total. The van der Waals surface area contributed by atoms with E-state index in [1.54, 1.807) is 0 Å². The van der Waals surface area contributed by atoms with Crippen LogP contribution in [0.15, 0.2) is 57.4 Å². The van der Waals surface area contributed by atoms with E-state index in [1.165, 1.54) is 0 Å². The summed E-state index contributed by atoms with van der Waals surface area (Å²) in [5.41, 5.74) is 1.94. The molecule has 0 amide bonds. The van der Waals surface area contributed by atoms with Crippen molar-refractivity contribution >= 4 is 38.5 Å². The molecule has 1 unspecified atom stereocenters. The number of fused-ring (bicyclic) bond motifs is 1. The number of nitrogens with one attached hydrogen (secondary N) is 1. The monoisotopic (exact) mass is 349 g/mol. The van der Waals surface area contributed by atoms with Gasteiger partial charge in [-0.3, -0.25) is 0 Å². The van der Waals surface area contributed by atoms with Gasteiger partial charge in [-0.1, -0.05) is 35.9 Å². The zero-order valence-corrected chi connectivity index (χ0v) is 13.2. The summed E-state index contributed by atoms with van der Waals surface area (Å²) in [5.74, 6) is 0.872. The van der Waals surface area contributed by atoms with E-state index in [0.29, 0.717) is 0 Å². The molecule has 2 nitrogen and oxygen atoms in total. The van der Waals surface area contributed by atoms with Gasteiger partial charge in [0.2, 0.25) is 0 Å². The summed E-state index contributed by atoms with van der Waals surface area (Å²) in [6, 6.07) is 15.9. The molecule has 20 heavy (non-hydrogen) atoms. The van der Waals surface area contributed by atoms with Crippen molar-refractivity contribution in [1.29, 1.82) is 0 Å². The standard InChI is InChI=1S/C16H13BrClNO/c1-19-15(10-4-2-6-12(18)8-10)14-9-11-5-3-7-13(17)16(11)20-14/h2-9,15,19H,1H3. The first-order chi connectivity index (χ1) is 9.69. The summed E-state index contributed by atoms with van der Waals surface area (Å²) in [6.45, 7) is 0. The predicted molar refractivity (Wildman–Crippen MR) is 86.3 cm³/mol. The van der Waals surface area contributed by atoms with E-state index in [1.807, 2.05) is 49.5 Å². The van der Waals surface area contributed by atoms with Crippen molar-refractivity contribution in [3.63, 3.8) is 0 Å². The van der Waals surface area contributed by atoms with Gasteiger partial charge in [-0.15, -0.1) is 0 Å². The second kappa shape index (κ2) is 5.60. The third-order valence-electron chi connectivity index (χ3n) is 3.27. The van der Waals surface area contributed by atoms with Crippen LogP contribution in [0.4, 0.5) is 0 Å². The molecule has 0 spiro atoms. The highest BCUT2D eigenvalue weighted by molar-refractivity contribution is 9.10. The fraction of sp³-hybridized carbons (Fsp3) is 0.125. The van der Waals surface area contributed by atoms with Crippen molar-refractivity contribution in [2.24, 2.45) is 0 Å². The Morgan fingerprint density at radius 2 is 1.95 bits per heavy atom. The molecular weight excluding hydrogens is 338 g/mol. The molecule has 0 aliphatic carbocycles. The van der Waals surface area contributed by atoms with Gasteiger partial charge in [0.1, 0.15) is 11.3 Å². The summed E-state index contributed by atoms with van der Waals surface area (Å²) in [5, 5.41) is 5.08. The smallest absolute Gasteiger partial charge is 0.148 e. The van der Waals surface area contributed by atoms with E-state index in [0.717, 1.165) is 31.8 Å². The third-order valence-corrected chi connectivity index (χ3v) is 4.13. The maximum Gasteiger partial charge on any atom is 0.148 e. The first kappa shape index (κ1) is 13.7. The average molecular weight is 351 g/mol. The minimum atomic E-state index is -0.0204. The van der Waals surface area contributed by atoms with Crippen LogP contribution < -0.4 is 5.32 Å². The van der Waals surface area contributed by atoms with Crippen LogP contribution in [0.2, 0.25) is 5.02 Å². The van der Waals surface area contributed by atoms with Crippen molar-refractivity contribution in [1.82, 2.24) is 5.32 Å². The van der Waals surface area contributed by atoms with E-state index < -0.39 is 0 Å². The number of furan rings is 1. The molecule has 0 saturated carbocycles. The Labute approximate surface area is 130 Å². The molecule has 3 aromatic rings. The lowest BCUT2D eigenvalue weighted by Gasteiger charge is -2.14. The molecule has 102 valence electrons. The van der Waals surface area contributed by atoms with Crippen LogP contribution in [0.25, 0.3) is 11.0 Å². The number of benzene rings is 2. The molecule has 0 bridgehead atoms. The Morgan fingerprint density at radius 1 is 1.15 bits per heavy atom. The van der Waals surface area contributed by atoms with Gasteiger partial charge in [-0.2, -0.15) is 0 Å². The van der Waals surface area contributed by atoms with E-state index in [4.69, 9.17) is 16.0 Å². The molecule has 0 radical (unpaired) electrons. The topological polar surface area (TPSA) is 25.2 Å². The third kappa shape index (κ3) is 2.49. The van der Waals surface area contributed by atoms with Gasteiger partial charge in [0.15, 0.2) is 0 Å². The van der Waals surface area contributed by atoms with E-state index >= 15 is 0 Å². The van der Waals surface area contributed by atoms with Crippen LogP contribution >= 0.6 is 27.5 Å². The van der Waals surface area contributed by atoms with Gasteiger partial charge in [-0.05, 0) is 52.8 Å². The zero-order valence-electron chi connectivity index (χ0n) is 10.9. The van der Waals surface area contributed by atoms with Crippen molar-refractivity contribution in [2.45, 2.75) is 6.04 Å². The SMILES string of the molecule is CNC(c1cccc(Cl)c1)c1cc2cccc(Br)c2o1. The average Bonchev–Trinajstić information content (AvgIpc) is 2.85. The molecule has 3 rings (SSSR count). The highest BCUT2D eigenvalue weighted by Gasteiger charge is 2.17. The molecule has 1 atom stereocenters. The van der Waals surface area contributed by atoms with Gasteiger partial charge in [0.25, 0.3) is 0 Å². The molecular formula is C16H13BrClNO. The van der Waals surface area contributed by atoms with Gasteiger partial charge in [0, 0.05) is 10.4 Å². The van der Waals surface area contributed by atoms with Crippen molar-refractivity contribution < 1.29 is 4.42 Å². The Balaban J connectivity index is 2.09. The van der Waals surface area contributed by atoms with Gasteiger partial charge < -0.3 is 9.73 Å². The fourth-order valence-corrected chi connectivity index (χ4v) is 3.01. The molecule has 2 aromatic carbocycles. The Bertz CT molecular complexity index is 753. The van der Waals surface area contributed by atoms with Gasteiger partial charge in [0.05, 0.1) is 10.5 Å². The molecule has 0 saturated heterocycles. The second-order valence-electron chi connectivity index (χ2n) is 4.58. The lowest BCUT2D eigenvalue weighted by Crippen LogP contribution is -2.16. The Hall–Kier alpha value is -1.29. The van der Waals surface area contributed by atoms with Crippen LogP contribution in [-0.4, -0.2) is 7.05 Å². The molecule has 0 aliphatic heterocycles. The van der Waals surface area contributed by atoms with E-state index in [2.05, 4.69) is 27.3 Å². The minimum absolute atomic E-state index is 0.0204. The molecule has 0 aliphatic rings. The Morgan fingerprint density at radius 3 is 2.65 bits per heavy atom. The number of hydrogen-bond donors (Lipinski definition) is 1. The van der Waals surface area contributed by atoms with Gasteiger partial charge in [-0.25, -0.2) is 0 Å². The maximum absolute atomic E-state index is 6.07. The van der Waals surface area contributed by atoms with Crippen molar-refractivity contribution in [3.8, 4) is 0 Å². The first-order valence-electron chi connectivity index (χ1n) is 6.29. The quantitative estimate of drug-likeness (QED) is 0.706. The summed E-state index contributed by atoms with van der Waals surface area (Å²) in [4.78, 5) is 0. The van der Waals surface area contributed by atoms with Crippen LogP contribution in [-0.2, 0) is 0 Å². The van der Waals surface area contributed by atoms with Crippen LogP contribution in [0.3, 0.4) is 0 Å². The zero-order chi connectivity index (χ0) is 14.1. The molecule has 1 aromatic heterocycles. The highest BCUT2D eigenvalue weighted by Crippen LogP contribution is 2.32. The number of para-hydroxylation sites is 1. The van der Waals surface area contributed by atoms with Crippen molar-refractivity contribution in [3.05, 3.63) is 69.3 Å². The number of rotatable bonds is 3. The predicted octanol–water partition coefficient (Wildman–Crippen LogP) is 5.16. The second-order valence-corrected chi connectivity index (χ2v) is 5.87. The minimum Gasteiger partial charge on any atom is -0.458 e. The fourth-order valence-electron chi connectivity index (χ4n) is 2.35. The maximum atomic E-state index is 6.07. The summed E-state index contributed by atoms with van der Waals surface area (Å²) in [7, 11) is 1.91. The molecule has 0 fully saturated rings. The summed E-state index contributed by atoms with van der Waals surface area (Å²) >= 11 is 9.59. The first-order valence-corrected chi connectivity index (χ1v) is 7.47.